The number of piperidine rings is 1. The van der Waals surface area contributed by atoms with Crippen molar-refractivity contribution in [1.82, 2.24) is 9.88 Å². The highest BCUT2D eigenvalue weighted by Crippen LogP contribution is 2.25. The van der Waals surface area contributed by atoms with Crippen LogP contribution in [0.15, 0.2) is 30.3 Å². The molecule has 3 heteroatoms. The number of nitrogens with two attached hydrogens (primary N) is 1. The van der Waals surface area contributed by atoms with Gasteiger partial charge in [-0.1, -0.05) is 32.0 Å². The van der Waals surface area contributed by atoms with Crippen molar-refractivity contribution in [3.8, 4) is 0 Å². The lowest BCUT2D eigenvalue weighted by Gasteiger charge is -2.35. The minimum Gasteiger partial charge on any atom is -0.383 e. The van der Waals surface area contributed by atoms with Gasteiger partial charge >= 0.3 is 0 Å². The molecule has 2 atom stereocenters. The molecule has 2 aromatic rings. The highest BCUT2D eigenvalue weighted by atomic mass is 15.1. The Balaban J connectivity index is 1.85. The molecule has 1 aromatic carbocycles. The van der Waals surface area contributed by atoms with Crippen molar-refractivity contribution in [1.29, 1.82) is 0 Å². The summed E-state index contributed by atoms with van der Waals surface area (Å²) in [6.45, 7) is 7.92. The summed E-state index contributed by atoms with van der Waals surface area (Å²) in [5.41, 5.74) is 8.27. The van der Waals surface area contributed by atoms with Crippen LogP contribution in [0.4, 0.5) is 5.82 Å². The Hall–Kier alpha value is -1.61. The summed E-state index contributed by atoms with van der Waals surface area (Å²) in [7, 11) is 0. The van der Waals surface area contributed by atoms with E-state index in [9.17, 15) is 0 Å². The first-order valence-corrected chi connectivity index (χ1v) is 7.48. The van der Waals surface area contributed by atoms with Crippen molar-refractivity contribution in [2.24, 2.45) is 11.8 Å². The molecule has 0 spiro atoms. The Morgan fingerprint density at radius 2 is 1.90 bits per heavy atom. The van der Waals surface area contributed by atoms with E-state index in [1.165, 1.54) is 11.8 Å². The van der Waals surface area contributed by atoms with Crippen LogP contribution in [0.1, 0.15) is 25.8 Å². The van der Waals surface area contributed by atoms with E-state index >= 15 is 0 Å². The molecule has 3 rings (SSSR count). The normalized spacial score (nSPS) is 24.1. The molecule has 20 heavy (non-hydrogen) atoms. The predicted octanol–water partition coefficient (Wildman–Crippen LogP) is 3.29. The first kappa shape index (κ1) is 13.4. The zero-order chi connectivity index (χ0) is 14.1. The first-order valence-electron chi connectivity index (χ1n) is 7.48. The lowest BCUT2D eigenvalue weighted by atomic mass is 9.91. The average Bonchev–Trinajstić information content (AvgIpc) is 2.38. The number of rotatable bonds is 2. The topological polar surface area (TPSA) is 42.2 Å². The second-order valence-electron chi connectivity index (χ2n) is 6.37. The highest BCUT2D eigenvalue weighted by Gasteiger charge is 2.22. The van der Waals surface area contributed by atoms with E-state index < -0.39 is 0 Å². The third-order valence-corrected chi connectivity index (χ3v) is 4.17. The Bertz CT molecular complexity index is 598. The van der Waals surface area contributed by atoms with Crippen molar-refractivity contribution in [3.05, 3.63) is 35.9 Å². The zero-order valence-corrected chi connectivity index (χ0v) is 12.3. The van der Waals surface area contributed by atoms with Crippen molar-refractivity contribution < 1.29 is 0 Å². The second kappa shape index (κ2) is 5.41. The van der Waals surface area contributed by atoms with Crippen LogP contribution in [0.3, 0.4) is 0 Å². The number of hydrogen-bond donors (Lipinski definition) is 1. The fraction of sp³-hybridized carbons (Fsp3) is 0.471. The number of pyridine rings is 1. The molecule has 0 radical (unpaired) electrons. The molecule has 106 valence electrons. The second-order valence-corrected chi connectivity index (χ2v) is 6.37. The molecule has 2 unspecified atom stereocenters. The molecule has 3 nitrogen and oxygen atoms in total. The number of benzene rings is 1. The summed E-state index contributed by atoms with van der Waals surface area (Å²) in [5, 5.41) is 1.18. The van der Waals surface area contributed by atoms with E-state index in [1.807, 2.05) is 12.1 Å². The number of anilines is 1. The van der Waals surface area contributed by atoms with Crippen LogP contribution in [-0.4, -0.2) is 23.0 Å². The Morgan fingerprint density at radius 1 is 1.20 bits per heavy atom. The molecule has 0 aliphatic carbocycles. The molecule has 1 aromatic heterocycles. The number of fused-ring (bicyclic) bond motifs is 1. The molecular formula is C17H23N3. The van der Waals surface area contributed by atoms with E-state index in [0.29, 0.717) is 5.82 Å². The Kier molecular flexibility index (Phi) is 3.62. The minimum absolute atomic E-state index is 0.676. The Morgan fingerprint density at radius 3 is 2.65 bits per heavy atom. The van der Waals surface area contributed by atoms with Gasteiger partial charge in [-0.05, 0) is 30.4 Å². The lowest BCUT2D eigenvalue weighted by molar-refractivity contribution is 0.134. The van der Waals surface area contributed by atoms with Crippen LogP contribution in [0, 0.1) is 11.8 Å². The molecular weight excluding hydrogens is 246 g/mol. The van der Waals surface area contributed by atoms with Gasteiger partial charge in [-0.25, -0.2) is 4.98 Å². The Labute approximate surface area is 120 Å². The van der Waals surface area contributed by atoms with Crippen molar-refractivity contribution >= 4 is 16.7 Å². The van der Waals surface area contributed by atoms with Crippen molar-refractivity contribution in [2.75, 3.05) is 18.8 Å². The monoisotopic (exact) mass is 269 g/mol. The van der Waals surface area contributed by atoms with Gasteiger partial charge in [0.15, 0.2) is 0 Å². The van der Waals surface area contributed by atoms with Gasteiger partial charge in [0.25, 0.3) is 0 Å². The van der Waals surface area contributed by atoms with Gasteiger partial charge in [0.05, 0.1) is 5.52 Å². The fourth-order valence-electron chi connectivity index (χ4n) is 3.46. The molecule has 2 N–H and O–H groups in total. The number of para-hydroxylation sites is 1. The summed E-state index contributed by atoms with van der Waals surface area (Å²) in [6.07, 6.45) is 1.34. The maximum atomic E-state index is 6.14. The quantitative estimate of drug-likeness (QED) is 0.909. The van der Waals surface area contributed by atoms with Crippen LogP contribution in [-0.2, 0) is 6.54 Å². The number of likely N-dealkylation sites (tertiary alicyclic amines) is 1. The highest BCUT2D eigenvalue weighted by molar-refractivity contribution is 5.81. The third-order valence-electron chi connectivity index (χ3n) is 4.17. The molecule has 0 saturated carbocycles. The van der Waals surface area contributed by atoms with Gasteiger partial charge in [0.2, 0.25) is 0 Å². The zero-order valence-electron chi connectivity index (χ0n) is 12.3. The first-order chi connectivity index (χ1) is 9.61. The van der Waals surface area contributed by atoms with Gasteiger partial charge in [0, 0.05) is 30.6 Å². The summed E-state index contributed by atoms with van der Waals surface area (Å²) >= 11 is 0. The maximum absolute atomic E-state index is 6.14. The van der Waals surface area contributed by atoms with E-state index in [-0.39, 0.29) is 0 Å². The molecule has 1 fully saturated rings. The van der Waals surface area contributed by atoms with Crippen LogP contribution >= 0.6 is 0 Å². The van der Waals surface area contributed by atoms with E-state index in [2.05, 4.69) is 41.9 Å². The number of nitrogen functional groups attached to an aromatic ring is 1. The van der Waals surface area contributed by atoms with Gasteiger partial charge in [-0.2, -0.15) is 0 Å². The van der Waals surface area contributed by atoms with E-state index in [0.717, 1.165) is 42.6 Å². The molecule has 0 amide bonds. The molecule has 2 heterocycles. The third kappa shape index (κ3) is 2.78. The smallest absolute Gasteiger partial charge is 0.128 e. The molecule has 1 saturated heterocycles. The molecule has 1 aliphatic heterocycles. The minimum atomic E-state index is 0.676. The standard InChI is InChI=1S/C17H23N3/c1-12-7-13(2)10-20(9-12)11-15-8-14-5-3-4-6-16(14)19-17(15)18/h3-6,8,12-13H,7,9-11H2,1-2H3,(H2,18,19). The largest absolute Gasteiger partial charge is 0.383 e. The SMILES string of the molecule is CC1CC(C)CN(Cc2cc3ccccc3nc2N)C1. The summed E-state index contributed by atoms with van der Waals surface area (Å²) in [4.78, 5) is 7.05. The van der Waals surface area contributed by atoms with Gasteiger partial charge in [-0.15, -0.1) is 0 Å². The average molecular weight is 269 g/mol. The molecule has 0 bridgehead atoms. The summed E-state index contributed by atoms with van der Waals surface area (Å²) < 4.78 is 0. The van der Waals surface area contributed by atoms with Crippen molar-refractivity contribution in [3.63, 3.8) is 0 Å². The fourth-order valence-corrected chi connectivity index (χ4v) is 3.46. The molecule has 1 aliphatic rings. The number of aromatic nitrogens is 1. The number of hydrogen-bond acceptors (Lipinski definition) is 3. The van der Waals surface area contributed by atoms with Crippen LogP contribution in [0.2, 0.25) is 0 Å². The van der Waals surface area contributed by atoms with Crippen LogP contribution in [0.25, 0.3) is 10.9 Å². The number of nitrogens with zero attached hydrogens (tertiary/aromatic N) is 2. The van der Waals surface area contributed by atoms with Crippen LogP contribution < -0.4 is 5.73 Å². The van der Waals surface area contributed by atoms with Crippen molar-refractivity contribution in [2.45, 2.75) is 26.8 Å². The van der Waals surface area contributed by atoms with E-state index in [4.69, 9.17) is 5.73 Å². The van der Waals surface area contributed by atoms with Gasteiger partial charge in [-0.3, -0.25) is 4.90 Å². The summed E-state index contributed by atoms with van der Waals surface area (Å²) in [5.74, 6) is 2.22. The van der Waals surface area contributed by atoms with Gasteiger partial charge < -0.3 is 5.73 Å². The van der Waals surface area contributed by atoms with Crippen LogP contribution in [0.5, 0.6) is 0 Å². The van der Waals surface area contributed by atoms with Gasteiger partial charge in [0.1, 0.15) is 5.82 Å². The summed E-state index contributed by atoms with van der Waals surface area (Å²) in [6, 6.07) is 10.4. The van der Waals surface area contributed by atoms with E-state index in [1.54, 1.807) is 0 Å². The maximum Gasteiger partial charge on any atom is 0.128 e. The lowest BCUT2D eigenvalue weighted by Crippen LogP contribution is -2.38. The predicted molar refractivity (Wildman–Crippen MR) is 84.4 cm³/mol.